The van der Waals surface area contributed by atoms with Crippen molar-refractivity contribution in [2.75, 3.05) is 18.4 Å². The average molecular weight is 337 g/mol. The molecule has 1 aliphatic heterocycles. The number of amides is 1. The molecule has 4 rings (SSSR count). The van der Waals surface area contributed by atoms with Crippen LogP contribution in [0.1, 0.15) is 34.8 Å². The lowest BCUT2D eigenvalue weighted by molar-refractivity contribution is 0.102. The summed E-state index contributed by atoms with van der Waals surface area (Å²) < 4.78 is 5.30. The van der Waals surface area contributed by atoms with Gasteiger partial charge in [0.2, 0.25) is 0 Å². The molecule has 0 spiro atoms. The van der Waals surface area contributed by atoms with Gasteiger partial charge in [0, 0.05) is 23.7 Å². The minimum Gasteiger partial charge on any atom is -0.444 e. The first-order valence-electron chi connectivity index (χ1n) is 8.35. The molecule has 1 amide bonds. The number of hydrogen-bond acceptors (Lipinski definition) is 5. The van der Waals surface area contributed by atoms with Crippen molar-refractivity contribution in [2.45, 2.75) is 18.8 Å². The molecule has 3 heterocycles. The Morgan fingerprint density at radius 2 is 2.28 bits per heavy atom. The molecule has 0 bridgehead atoms. The van der Waals surface area contributed by atoms with E-state index in [1.807, 2.05) is 24.3 Å². The second-order valence-corrected chi connectivity index (χ2v) is 6.14. The molecule has 7 nitrogen and oxygen atoms in total. The number of hydrogen-bond donors (Lipinski definition) is 3. The third-order valence-electron chi connectivity index (χ3n) is 4.46. The molecule has 25 heavy (non-hydrogen) atoms. The Kier molecular flexibility index (Phi) is 4.30. The highest BCUT2D eigenvalue weighted by atomic mass is 16.3. The Labute approximate surface area is 144 Å². The third-order valence-corrected chi connectivity index (χ3v) is 4.46. The maximum atomic E-state index is 12.7. The number of oxazole rings is 1. The van der Waals surface area contributed by atoms with Gasteiger partial charge in [-0.1, -0.05) is 12.1 Å². The summed E-state index contributed by atoms with van der Waals surface area (Å²) in [5.41, 5.74) is 3.06. The van der Waals surface area contributed by atoms with Crippen molar-refractivity contribution in [1.82, 2.24) is 20.5 Å². The second-order valence-electron chi connectivity index (χ2n) is 6.14. The molecule has 0 saturated carbocycles. The fourth-order valence-electron chi connectivity index (χ4n) is 3.19. The van der Waals surface area contributed by atoms with Crippen LogP contribution >= 0.6 is 0 Å². The highest BCUT2D eigenvalue weighted by Crippen LogP contribution is 2.26. The number of rotatable bonds is 4. The molecule has 1 atom stereocenters. The summed E-state index contributed by atoms with van der Waals surface area (Å²) in [6, 6.07) is 7.49. The zero-order valence-corrected chi connectivity index (χ0v) is 13.7. The SMILES string of the molecule is O=C(Nc1cccc(-c2cnco2)c1)c1cn[nH]c1C1CCCNC1. The van der Waals surface area contributed by atoms with Gasteiger partial charge in [-0.05, 0) is 31.5 Å². The van der Waals surface area contributed by atoms with Gasteiger partial charge < -0.3 is 15.1 Å². The van der Waals surface area contributed by atoms with E-state index in [-0.39, 0.29) is 11.8 Å². The molecule has 1 aliphatic rings. The molecule has 1 aromatic carbocycles. The number of benzene rings is 1. The Morgan fingerprint density at radius 3 is 3.08 bits per heavy atom. The van der Waals surface area contributed by atoms with Crippen LogP contribution in [0.15, 0.2) is 47.5 Å². The quantitative estimate of drug-likeness (QED) is 0.680. The number of nitrogens with one attached hydrogen (secondary N) is 3. The zero-order chi connectivity index (χ0) is 17.1. The van der Waals surface area contributed by atoms with Gasteiger partial charge in [0.05, 0.1) is 23.7 Å². The first kappa shape index (κ1) is 15.6. The predicted octanol–water partition coefficient (Wildman–Crippen LogP) is 2.78. The minimum absolute atomic E-state index is 0.163. The number of carbonyl (C=O) groups is 1. The summed E-state index contributed by atoms with van der Waals surface area (Å²) in [6.07, 6.45) is 6.78. The maximum absolute atomic E-state index is 12.7. The first-order chi connectivity index (χ1) is 12.3. The molecule has 1 unspecified atom stereocenters. The summed E-state index contributed by atoms with van der Waals surface area (Å²) in [7, 11) is 0. The number of nitrogens with zero attached hydrogens (tertiary/aromatic N) is 2. The van der Waals surface area contributed by atoms with Gasteiger partial charge in [-0.3, -0.25) is 9.89 Å². The lowest BCUT2D eigenvalue weighted by Gasteiger charge is -2.22. The molecule has 2 aromatic heterocycles. The normalized spacial score (nSPS) is 17.4. The van der Waals surface area contributed by atoms with E-state index in [1.165, 1.54) is 6.39 Å². The van der Waals surface area contributed by atoms with Crippen LogP contribution in [-0.2, 0) is 0 Å². The van der Waals surface area contributed by atoms with Crippen LogP contribution in [-0.4, -0.2) is 34.2 Å². The molecular weight excluding hydrogens is 318 g/mol. The van der Waals surface area contributed by atoms with Crippen LogP contribution in [0.25, 0.3) is 11.3 Å². The molecule has 128 valence electrons. The van der Waals surface area contributed by atoms with E-state index in [1.54, 1.807) is 12.4 Å². The Bertz CT molecular complexity index is 850. The van der Waals surface area contributed by atoms with Crippen LogP contribution in [0, 0.1) is 0 Å². The molecule has 0 radical (unpaired) electrons. The van der Waals surface area contributed by atoms with Gasteiger partial charge in [0.1, 0.15) is 0 Å². The Hall–Kier alpha value is -2.93. The summed E-state index contributed by atoms with van der Waals surface area (Å²) in [5, 5.41) is 13.4. The topological polar surface area (TPSA) is 95.8 Å². The third kappa shape index (κ3) is 3.32. The van der Waals surface area contributed by atoms with Crippen molar-refractivity contribution >= 4 is 11.6 Å². The molecule has 1 fully saturated rings. The molecular formula is C18H19N5O2. The van der Waals surface area contributed by atoms with Crippen LogP contribution in [0.2, 0.25) is 0 Å². The number of H-pyrrole nitrogens is 1. The molecule has 3 aromatic rings. The van der Waals surface area contributed by atoms with E-state index in [0.717, 1.165) is 37.2 Å². The highest BCUT2D eigenvalue weighted by Gasteiger charge is 2.23. The summed E-state index contributed by atoms with van der Waals surface area (Å²) in [6.45, 7) is 1.89. The summed E-state index contributed by atoms with van der Waals surface area (Å²) in [5.74, 6) is 0.787. The zero-order valence-electron chi connectivity index (χ0n) is 13.7. The van der Waals surface area contributed by atoms with Crippen LogP contribution in [0.5, 0.6) is 0 Å². The fraction of sp³-hybridized carbons (Fsp3) is 0.278. The van der Waals surface area contributed by atoms with E-state index >= 15 is 0 Å². The van der Waals surface area contributed by atoms with Crippen molar-refractivity contribution in [2.24, 2.45) is 0 Å². The predicted molar refractivity (Wildman–Crippen MR) is 93.3 cm³/mol. The monoisotopic (exact) mass is 337 g/mol. The van der Waals surface area contributed by atoms with Crippen molar-refractivity contribution in [3.05, 3.63) is 54.3 Å². The molecule has 3 N–H and O–H groups in total. The lowest BCUT2D eigenvalue weighted by Crippen LogP contribution is -2.29. The number of carbonyl (C=O) groups excluding carboxylic acids is 1. The van der Waals surface area contributed by atoms with Gasteiger partial charge in [0.25, 0.3) is 5.91 Å². The van der Waals surface area contributed by atoms with E-state index in [2.05, 4.69) is 25.8 Å². The maximum Gasteiger partial charge on any atom is 0.259 e. The fourth-order valence-corrected chi connectivity index (χ4v) is 3.19. The lowest BCUT2D eigenvalue weighted by atomic mass is 9.93. The largest absolute Gasteiger partial charge is 0.444 e. The van der Waals surface area contributed by atoms with E-state index in [9.17, 15) is 4.79 Å². The number of aromatic nitrogens is 3. The first-order valence-corrected chi connectivity index (χ1v) is 8.35. The van der Waals surface area contributed by atoms with E-state index in [4.69, 9.17) is 4.42 Å². The average Bonchev–Trinajstić information content (AvgIpc) is 3.34. The standard InChI is InChI=1S/C18H19N5O2/c24-18(15-9-21-23-17(15)13-4-2-6-19-8-13)22-14-5-1-3-12(7-14)16-10-20-11-25-16/h1,3,5,7,9-11,13,19H,2,4,6,8H2,(H,21,23)(H,22,24). The van der Waals surface area contributed by atoms with Crippen molar-refractivity contribution in [1.29, 1.82) is 0 Å². The summed E-state index contributed by atoms with van der Waals surface area (Å²) in [4.78, 5) is 16.6. The molecule has 7 heteroatoms. The van der Waals surface area contributed by atoms with E-state index in [0.29, 0.717) is 17.0 Å². The van der Waals surface area contributed by atoms with Crippen molar-refractivity contribution < 1.29 is 9.21 Å². The molecule has 1 saturated heterocycles. The van der Waals surface area contributed by atoms with Crippen LogP contribution in [0.4, 0.5) is 5.69 Å². The minimum atomic E-state index is -0.163. The van der Waals surface area contributed by atoms with Crippen molar-refractivity contribution in [3.63, 3.8) is 0 Å². The number of anilines is 1. The number of piperidine rings is 1. The van der Waals surface area contributed by atoms with Gasteiger partial charge in [0.15, 0.2) is 12.2 Å². The summed E-state index contributed by atoms with van der Waals surface area (Å²) >= 11 is 0. The van der Waals surface area contributed by atoms with Crippen LogP contribution < -0.4 is 10.6 Å². The van der Waals surface area contributed by atoms with Gasteiger partial charge in [-0.15, -0.1) is 0 Å². The van der Waals surface area contributed by atoms with Crippen LogP contribution in [0.3, 0.4) is 0 Å². The Morgan fingerprint density at radius 1 is 1.32 bits per heavy atom. The van der Waals surface area contributed by atoms with Gasteiger partial charge >= 0.3 is 0 Å². The van der Waals surface area contributed by atoms with Crippen molar-refractivity contribution in [3.8, 4) is 11.3 Å². The number of aromatic amines is 1. The highest BCUT2D eigenvalue weighted by molar-refractivity contribution is 6.05. The smallest absolute Gasteiger partial charge is 0.259 e. The van der Waals surface area contributed by atoms with Gasteiger partial charge in [-0.25, -0.2) is 4.98 Å². The molecule has 0 aliphatic carbocycles. The van der Waals surface area contributed by atoms with E-state index < -0.39 is 0 Å². The Balaban J connectivity index is 1.53. The second kappa shape index (κ2) is 6.90. The van der Waals surface area contributed by atoms with Gasteiger partial charge in [-0.2, -0.15) is 5.10 Å².